The van der Waals surface area contributed by atoms with Crippen LogP contribution < -0.4 is 15.5 Å². The van der Waals surface area contributed by atoms with Gasteiger partial charge in [-0.3, -0.25) is 14.4 Å². The molecule has 7 nitrogen and oxygen atoms in total. The standard InChI is InChI=1S/C27H34N4O3/c1-18(2)15-26(33)31-23-10-9-21(27(34)30-13-4-11-28-12-14-30)16-22(23)29-25(32)17-24(31)20-7-5-19(3)6-8-20/h5-10,16,18,24,28H,4,11-15,17H2,1-3H3,(H,29,32). The Bertz CT molecular complexity index is 1060. The molecule has 2 aliphatic rings. The minimum absolute atomic E-state index is 0.0315. The monoisotopic (exact) mass is 462 g/mol. The fourth-order valence-corrected chi connectivity index (χ4v) is 4.66. The summed E-state index contributed by atoms with van der Waals surface area (Å²) in [5.74, 6) is -0.0783. The number of nitrogens with zero attached hydrogens (tertiary/aromatic N) is 2. The van der Waals surface area contributed by atoms with Crippen LogP contribution in [0.2, 0.25) is 0 Å². The van der Waals surface area contributed by atoms with Crippen molar-refractivity contribution in [3.05, 3.63) is 59.2 Å². The van der Waals surface area contributed by atoms with Gasteiger partial charge in [-0.1, -0.05) is 43.7 Å². The Hall–Kier alpha value is -3.19. The van der Waals surface area contributed by atoms with Crippen molar-refractivity contribution < 1.29 is 14.4 Å². The number of carbonyl (C=O) groups excluding carboxylic acids is 3. The quantitative estimate of drug-likeness (QED) is 0.722. The lowest BCUT2D eigenvalue weighted by atomic mass is 9.98. The Kier molecular flexibility index (Phi) is 7.32. The number of fused-ring (bicyclic) bond motifs is 1. The van der Waals surface area contributed by atoms with E-state index in [0.717, 1.165) is 30.6 Å². The minimum Gasteiger partial charge on any atom is -0.337 e. The molecule has 1 fully saturated rings. The summed E-state index contributed by atoms with van der Waals surface area (Å²) in [5.41, 5.74) is 3.70. The summed E-state index contributed by atoms with van der Waals surface area (Å²) in [6, 6.07) is 12.9. The van der Waals surface area contributed by atoms with Gasteiger partial charge in [0.2, 0.25) is 11.8 Å². The van der Waals surface area contributed by atoms with E-state index < -0.39 is 6.04 Å². The van der Waals surface area contributed by atoms with Crippen molar-refractivity contribution >= 4 is 29.1 Å². The number of aryl methyl sites for hydroxylation is 1. The summed E-state index contributed by atoms with van der Waals surface area (Å²) < 4.78 is 0. The smallest absolute Gasteiger partial charge is 0.253 e. The van der Waals surface area contributed by atoms with Gasteiger partial charge in [0.05, 0.1) is 23.8 Å². The molecule has 0 aromatic heterocycles. The summed E-state index contributed by atoms with van der Waals surface area (Å²) in [6.07, 6.45) is 1.43. The van der Waals surface area contributed by atoms with Crippen molar-refractivity contribution in [3.8, 4) is 0 Å². The Morgan fingerprint density at radius 2 is 1.82 bits per heavy atom. The van der Waals surface area contributed by atoms with E-state index in [1.807, 2.05) is 56.0 Å². The van der Waals surface area contributed by atoms with Gasteiger partial charge in [0.15, 0.2) is 0 Å². The average molecular weight is 463 g/mol. The lowest BCUT2D eigenvalue weighted by Gasteiger charge is -2.32. The molecule has 4 rings (SSSR count). The van der Waals surface area contributed by atoms with Gasteiger partial charge in [0.25, 0.3) is 5.91 Å². The number of amides is 3. The average Bonchev–Trinajstić information content (AvgIpc) is 3.15. The van der Waals surface area contributed by atoms with Crippen molar-refractivity contribution in [1.82, 2.24) is 10.2 Å². The fraction of sp³-hybridized carbons (Fsp3) is 0.444. The second-order valence-electron chi connectivity index (χ2n) is 9.67. The summed E-state index contributed by atoms with van der Waals surface area (Å²) in [5, 5.41) is 6.28. The molecular weight excluding hydrogens is 428 g/mol. The zero-order valence-electron chi connectivity index (χ0n) is 20.3. The van der Waals surface area contributed by atoms with Crippen LogP contribution in [0.4, 0.5) is 11.4 Å². The molecule has 180 valence electrons. The first kappa shape index (κ1) is 24.0. The summed E-state index contributed by atoms with van der Waals surface area (Å²) in [4.78, 5) is 43.2. The van der Waals surface area contributed by atoms with E-state index in [9.17, 15) is 14.4 Å². The molecule has 1 unspecified atom stereocenters. The van der Waals surface area contributed by atoms with E-state index in [1.54, 1.807) is 17.0 Å². The molecule has 2 aliphatic heterocycles. The van der Waals surface area contributed by atoms with Crippen molar-refractivity contribution in [1.29, 1.82) is 0 Å². The van der Waals surface area contributed by atoms with Gasteiger partial charge in [0.1, 0.15) is 0 Å². The zero-order chi connectivity index (χ0) is 24.2. The molecule has 1 saturated heterocycles. The van der Waals surface area contributed by atoms with Crippen LogP contribution in [0.25, 0.3) is 0 Å². The number of anilines is 2. The number of hydrogen-bond donors (Lipinski definition) is 2. The minimum atomic E-state index is -0.411. The van der Waals surface area contributed by atoms with E-state index >= 15 is 0 Å². The maximum absolute atomic E-state index is 13.5. The molecule has 2 N–H and O–H groups in total. The van der Waals surface area contributed by atoms with Gasteiger partial charge >= 0.3 is 0 Å². The highest BCUT2D eigenvalue weighted by Crippen LogP contribution is 2.39. The molecule has 0 spiro atoms. The van der Waals surface area contributed by atoms with Gasteiger partial charge in [-0.15, -0.1) is 0 Å². The van der Waals surface area contributed by atoms with Crippen molar-refractivity contribution in [3.63, 3.8) is 0 Å². The van der Waals surface area contributed by atoms with Crippen LogP contribution in [0.15, 0.2) is 42.5 Å². The predicted molar refractivity (Wildman–Crippen MR) is 134 cm³/mol. The number of nitrogens with one attached hydrogen (secondary N) is 2. The number of hydrogen-bond acceptors (Lipinski definition) is 4. The number of rotatable bonds is 4. The summed E-state index contributed by atoms with van der Waals surface area (Å²) >= 11 is 0. The van der Waals surface area contributed by atoms with Crippen molar-refractivity contribution in [2.45, 2.75) is 46.1 Å². The molecule has 3 amide bonds. The predicted octanol–water partition coefficient (Wildman–Crippen LogP) is 3.89. The Labute approximate surface area is 201 Å². The van der Waals surface area contributed by atoms with E-state index in [4.69, 9.17) is 0 Å². The first-order valence-corrected chi connectivity index (χ1v) is 12.2. The SMILES string of the molecule is Cc1ccc(C2CC(=O)Nc3cc(C(=O)N4CCCNCC4)ccc3N2C(=O)CC(C)C)cc1. The molecule has 7 heteroatoms. The summed E-state index contributed by atoms with van der Waals surface area (Å²) in [6.45, 7) is 9.05. The first-order chi connectivity index (χ1) is 16.3. The van der Waals surface area contributed by atoms with Gasteiger partial charge in [-0.25, -0.2) is 0 Å². The van der Waals surface area contributed by atoms with Crippen LogP contribution in [-0.2, 0) is 9.59 Å². The topological polar surface area (TPSA) is 81.8 Å². The summed E-state index contributed by atoms with van der Waals surface area (Å²) in [7, 11) is 0. The normalized spacial score (nSPS) is 18.7. The molecule has 2 aromatic rings. The van der Waals surface area contributed by atoms with Gasteiger partial charge in [-0.05, 0) is 49.6 Å². The van der Waals surface area contributed by atoms with E-state index in [1.165, 1.54) is 0 Å². The maximum atomic E-state index is 13.5. The van der Waals surface area contributed by atoms with Crippen LogP contribution in [0.1, 0.15) is 60.6 Å². The van der Waals surface area contributed by atoms with Gasteiger partial charge in [-0.2, -0.15) is 0 Å². The Morgan fingerprint density at radius 3 is 2.56 bits per heavy atom. The van der Waals surface area contributed by atoms with Crippen molar-refractivity contribution in [2.75, 3.05) is 36.4 Å². The fourth-order valence-electron chi connectivity index (χ4n) is 4.66. The molecule has 1 atom stereocenters. The number of benzene rings is 2. The second kappa shape index (κ2) is 10.4. The largest absolute Gasteiger partial charge is 0.337 e. The maximum Gasteiger partial charge on any atom is 0.253 e. The van der Waals surface area contributed by atoms with Crippen molar-refractivity contribution in [2.24, 2.45) is 5.92 Å². The molecule has 0 saturated carbocycles. The number of carbonyl (C=O) groups is 3. The zero-order valence-corrected chi connectivity index (χ0v) is 20.3. The Balaban J connectivity index is 1.74. The van der Waals surface area contributed by atoms with Crippen LogP contribution >= 0.6 is 0 Å². The third-order valence-corrected chi connectivity index (χ3v) is 6.41. The highest BCUT2D eigenvalue weighted by Gasteiger charge is 2.34. The second-order valence-corrected chi connectivity index (χ2v) is 9.67. The Morgan fingerprint density at radius 1 is 1.06 bits per heavy atom. The molecule has 2 aromatic carbocycles. The van der Waals surface area contributed by atoms with Gasteiger partial charge < -0.3 is 20.4 Å². The molecule has 0 aliphatic carbocycles. The van der Waals surface area contributed by atoms with Crippen LogP contribution in [-0.4, -0.2) is 48.8 Å². The van der Waals surface area contributed by atoms with Gasteiger partial charge in [0, 0.05) is 31.6 Å². The van der Waals surface area contributed by atoms with Crippen LogP contribution in [0, 0.1) is 12.8 Å². The van der Waals surface area contributed by atoms with Crippen LogP contribution in [0.5, 0.6) is 0 Å². The molecule has 0 bridgehead atoms. The highest BCUT2D eigenvalue weighted by atomic mass is 16.2. The third kappa shape index (κ3) is 5.30. The van der Waals surface area contributed by atoms with E-state index in [0.29, 0.717) is 36.4 Å². The van der Waals surface area contributed by atoms with E-state index in [-0.39, 0.29) is 30.1 Å². The molecule has 2 heterocycles. The van der Waals surface area contributed by atoms with E-state index in [2.05, 4.69) is 10.6 Å². The molecule has 0 radical (unpaired) electrons. The highest BCUT2D eigenvalue weighted by molar-refractivity contribution is 6.06. The lowest BCUT2D eigenvalue weighted by Crippen LogP contribution is -2.36. The first-order valence-electron chi connectivity index (χ1n) is 12.2. The third-order valence-electron chi connectivity index (χ3n) is 6.41. The lowest BCUT2D eigenvalue weighted by molar-refractivity contribution is -0.120. The molecule has 34 heavy (non-hydrogen) atoms. The van der Waals surface area contributed by atoms with Crippen LogP contribution in [0.3, 0.4) is 0 Å². The molecular formula is C27H34N4O3.